The smallest absolute Gasteiger partial charge is 0.164 e. The molecule has 0 saturated carbocycles. The number of allylic oxidation sites excluding steroid dienone is 2. The predicted molar refractivity (Wildman–Crippen MR) is 215 cm³/mol. The van der Waals surface area contributed by atoms with Gasteiger partial charge in [0, 0.05) is 47.4 Å². The Kier molecular flexibility index (Phi) is 12.6. The van der Waals surface area contributed by atoms with E-state index in [1.165, 1.54) is 54.1 Å². The van der Waals surface area contributed by atoms with Crippen molar-refractivity contribution in [2.24, 2.45) is 16.7 Å². The molecule has 0 amide bonds. The van der Waals surface area contributed by atoms with Crippen molar-refractivity contribution in [1.82, 2.24) is 4.98 Å². The molecule has 2 aromatic heterocycles. The number of fused-ring (bicyclic) bond motifs is 6. The Bertz CT molecular complexity index is 2060. The van der Waals surface area contributed by atoms with Crippen LogP contribution in [-0.4, -0.2) is 15.9 Å². The minimum Gasteiger partial charge on any atom is -0.512 e. The van der Waals surface area contributed by atoms with Gasteiger partial charge in [0.2, 0.25) is 0 Å². The third kappa shape index (κ3) is 7.68. The maximum Gasteiger partial charge on any atom is 0.164 e. The predicted octanol–water partition coefficient (Wildman–Crippen LogP) is 13.4. The number of benzene rings is 3. The van der Waals surface area contributed by atoms with E-state index in [9.17, 15) is 9.90 Å². The molecule has 3 aromatic carbocycles. The van der Waals surface area contributed by atoms with Crippen LogP contribution in [0.3, 0.4) is 0 Å². The number of aliphatic hydroxyl groups is 1. The minimum absolute atomic E-state index is 0. The van der Waals surface area contributed by atoms with Crippen LogP contribution in [0.5, 0.6) is 0 Å². The second kappa shape index (κ2) is 15.9. The van der Waals surface area contributed by atoms with Crippen LogP contribution in [0.25, 0.3) is 42.6 Å². The Balaban J connectivity index is 0.000000279. The van der Waals surface area contributed by atoms with E-state index in [2.05, 4.69) is 101 Å². The van der Waals surface area contributed by atoms with Crippen molar-refractivity contribution >= 4 is 38.0 Å². The molecular formula is C46H56IrNO2S-. The maximum absolute atomic E-state index is 12.2. The molecule has 273 valence electrons. The Morgan fingerprint density at radius 1 is 0.941 bits per heavy atom. The zero-order valence-electron chi connectivity index (χ0n) is 32.5. The summed E-state index contributed by atoms with van der Waals surface area (Å²) >= 11 is 1.91. The summed E-state index contributed by atoms with van der Waals surface area (Å²) in [6, 6.07) is 25.9. The zero-order chi connectivity index (χ0) is 36.6. The quantitative estimate of drug-likeness (QED) is 0.0864. The number of hydrogen-bond donors (Lipinski definition) is 1. The van der Waals surface area contributed by atoms with Crippen LogP contribution in [0.4, 0.5) is 0 Å². The molecule has 1 aliphatic carbocycles. The molecule has 2 heterocycles. The van der Waals surface area contributed by atoms with Gasteiger partial charge in [-0.1, -0.05) is 111 Å². The molecule has 0 spiro atoms. The standard InChI is InChI=1S/C31H28NS.C15H28O2.Ir/c1-18(2)15-20-13-14-22-21(17-20)16-19(3)32-29(22)24-10-8-11-25-27(24)30-28(31(25,4)5)23-9-6-7-12-26(23)33-30;1-7-14(5,8-2)12(16)11-13(17)15(6,9-3)10-4;/h6-9,11-14,16-18H,15H2,1-5H3;11,16H,7-10H2,1-6H3;/q-1;;/b;12-11-;. The second-order valence-electron chi connectivity index (χ2n) is 15.8. The number of thiophene rings is 1. The Labute approximate surface area is 324 Å². The number of carbonyl (C=O) groups excluding carboxylic acids is 1. The molecule has 1 aliphatic rings. The Morgan fingerprint density at radius 2 is 1.59 bits per heavy atom. The van der Waals surface area contributed by atoms with Gasteiger partial charge in [-0.25, -0.2) is 0 Å². The van der Waals surface area contributed by atoms with Gasteiger partial charge < -0.3 is 10.1 Å². The average molecular weight is 879 g/mol. The first kappa shape index (κ1) is 40.7. The van der Waals surface area contributed by atoms with E-state index in [0.717, 1.165) is 49.1 Å². The van der Waals surface area contributed by atoms with Crippen LogP contribution in [-0.2, 0) is 36.7 Å². The van der Waals surface area contributed by atoms with Crippen molar-refractivity contribution in [2.75, 3.05) is 0 Å². The van der Waals surface area contributed by atoms with Crippen molar-refractivity contribution in [3.8, 4) is 21.7 Å². The fraction of sp³-hybridized carbons (Fsp3) is 0.435. The Morgan fingerprint density at radius 3 is 2.22 bits per heavy atom. The summed E-state index contributed by atoms with van der Waals surface area (Å²) in [4.78, 5) is 18.7. The third-order valence-corrected chi connectivity index (χ3v) is 12.8. The maximum atomic E-state index is 12.2. The van der Waals surface area contributed by atoms with E-state index in [0.29, 0.717) is 5.92 Å². The van der Waals surface area contributed by atoms with Crippen LogP contribution in [0.1, 0.15) is 117 Å². The number of aliphatic hydroxyl groups excluding tert-OH is 1. The summed E-state index contributed by atoms with van der Waals surface area (Å²) < 4.78 is 1.36. The Hall–Kier alpha value is -3.11. The van der Waals surface area contributed by atoms with E-state index < -0.39 is 0 Å². The van der Waals surface area contributed by atoms with Gasteiger partial charge in [-0.15, -0.1) is 40.7 Å². The van der Waals surface area contributed by atoms with Crippen molar-refractivity contribution < 1.29 is 30.0 Å². The van der Waals surface area contributed by atoms with Gasteiger partial charge in [0.15, 0.2) is 5.78 Å². The fourth-order valence-electron chi connectivity index (χ4n) is 7.33. The third-order valence-electron chi connectivity index (χ3n) is 11.6. The first-order chi connectivity index (χ1) is 23.6. The first-order valence-electron chi connectivity index (χ1n) is 18.6. The SMILES string of the molecule is CCC(C)(CC)C(=O)/C=C(\O)C(C)(CC)CC.Cc1cc2cc(CC(C)C)ccc2c(-c2[c-]ccc3c2-c2sc4ccccc4c2C3(C)C)n1.[Ir]. The number of ketones is 1. The number of pyridine rings is 1. The molecule has 0 aliphatic heterocycles. The molecule has 3 nitrogen and oxygen atoms in total. The van der Waals surface area contributed by atoms with Crippen molar-refractivity contribution in [3.63, 3.8) is 0 Å². The van der Waals surface area contributed by atoms with E-state index in [4.69, 9.17) is 4.98 Å². The average Bonchev–Trinajstić information content (AvgIpc) is 3.60. The number of hydrogen-bond acceptors (Lipinski definition) is 4. The molecule has 1 N–H and O–H groups in total. The molecule has 0 fully saturated rings. The van der Waals surface area contributed by atoms with Crippen molar-refractivity contribution in [2.45, 2.75) is 114 Å². The van der Waals surface area contributed by atoms with E-state index >= 15 is 0 Å². The summed E-state index contributed by atoms with van der Waals surface area (Å²) in [6.07, 6.45) is 5.85. The molecule has 0 atom stereocenters. The molecule has 0 unspecified atom stereocenters. The van der Waals surface area contributed by atoms with Crippen LogP contribution in [0.15, 0.2) is 72.5 Å². The fourth-order valence-corrected chi connectivity index (χ4v) is 8.76. The van der Waals surface area contributed by atoms with Gasteiger partial charge in [-0.05, 0) is 100 Å². The molecule has 6 rings (SSSR count). The first-order valence-corrected chi connectivity index (χ1v) is 19.4. The molecule has 5 aromatic rings. The summed E-state index contributed by atoms with van der Waals surface area (Å²) in [7, 11) is 0. The number of nitrogens with zero attached hydrogens (tertiary/aromatic N) is 1. The molecule has 1 radical (unpaired) electrons. The zero-order valence-corrected chi connectivity index (χ0v) is 35.7. The largest absolute Gasteiger partial charge is 0.512 e. The van der Waals surface area contributed by atoms with Gasteiger partial charge in [-0.2, -0.15) is 0 Å². The van der Waals surface area contributed by atoms with Crippen LogP contribution >= 0.6 is 11.3 Å². The van der Waals surface area contributed by atoms with Crippen LogP contribution in [0, 0.1) is 29.7 Å². The topological polar surface area (TPSA) is 50.2 Å². The van der Waals surface area contributed by atoms with Crippen molar-refractivity contribution in [3.05, 3.63) is 101 Å². The molecular weight excluding hydrogens is 823 g/mol. The monoisotopic (exact) mass is 879 g/mol. The second-order valence-corrected chi connectivity index (χ2v) is 16.8. The summed E-state index contributed by atoms with van der Waals surface area (Å²) in [5.41, 5.74) is 8.15. The summed E-state index contributed by atoms with van der Waals surface area (Å²) in [5, 5.41) is 14.0. The van der Waals surface area contributed by atoms with E-state index in [1.807, 2.05) is 52.9 Å². The van der Waals surface area contributed by atoms with Gasteiger partial charge in [0.05, 0.1) is 0 Å². The molecule has 0 bridgehead atoms. The van der Waals surface area contributed by atoms with Crippen LogP contribution in [0.2, 0.25) is 0 Å². The van der Waals surface area contributed by atoms with Gasteiger partial charge >= 0.3 is 0 Å². The molecule has 51 heavy (non-hydrogen) atoms. The van der Waals surface area contributed by atoms with Gasteiger partial charge in [-0.3, -0.25) is 4.79 Å². The van der Waals surface area contributed by atoms with Gasteiger partial charge in [0.25, 0.3) is 0 Å². The van der Waals surface area contributed by atoms with E-state index in [1.54, 1.807) is 0 Å². The number of carbonyl (C=O) groups is 1. The van der Waals surface area contributed by atoms with Gasteiger partial charge in [0.1, 0.15) is 5.76 Å². The van der Waals surface area contributed by atoms with Crippen LogP contribution < -0.4 is 0 Å². The number of aromatic nitrogens is 1. The normalized spacial score (nSPS) is 13.8. The number of aryl methyl sites for hydroxylation is 1. The summed E-state index contributed by atoms with van der Waals surface area (Å²) in [6.45, 7) is 23.5. The van der Waals surface area contributed by atoms with E-state index in [-0.39, 0.29) is 47.9 Å². The summed E-state index contributed by atoms with van der Waals surface area (Å²) in [5.74, 6) is 0.929. The molecule has 0 saturated heterocycles. The minimum atomic E-state index is -0.337. The van der Waals surface area contributed by atoms with Crippen molar-refractivity contribution in [1.29, 1.82) is 0 Å². The number of rotatable bonds is 10. The molecule has 5 heteroatoms.